The summed E-state index contributed by atoms with van der Waals surface area (Å²) in [5.74, 6) is 0. The molecule has 0 aliphatic carbocycles. The van der Waals surface area contributed by atoms with Gasteiger partial charge in [-0.3, -0.25) is 0 Å². The van der Waals surface area contributed by atoms with Crippen molar-refractivity contribution in [2.75, 3.05) is 0 Å². The van der Waals surface area contributed by atoms with E-state index in [1.807, 2.05) is 13.0 Å². The van der Waals surface area contributed by atoms with Crippen LogP contribution >= 0.6 is 0 Å². The standard InChI is InChI=1S/C6H6NO/c1-6-3-2-4-7(8)5-6/h2-4H,1H3. The first-order valence-electron chi connectivity index (χ1n) is 2.37. The Morgan fingerprint density at radius 1 is 1.75 bits per heavy atom. The SMILES string of the molecule is Cc1[c][n+]([O-])ccc1. The predicted octanol–water partition coefficient (Wildman–Crippen LogP) is 0.429. The number of hydrogen-bond acceptors (Lipinski definition) is 1. The van der Waals surface area contributed by atoms with Crippen LogP contribution in [0, 0.1) is 18.3 Å². The monoisotopic (exact) mass is 108 g/mol. The Morgan fingerprint density at radius 2 is 2.50 bits per heavy atom. The molecule has 0 saturated heterocycles. The minimum Gasteiger partial charge on any atom is -0.618 e. The first-order valence-corrected chi connectivity index (χ1v) is 2.37. The summed E-state index contributed by atoms with van der Waals surface area (Å²) in [5.41, 5.74) is 0.863. The highest BCUT2D eigenvalue weighted by Gasteiger charge is 1.87. The minimum atomic E-state index is 0.662. The molecule has 2 heteroatoms. The molecular weight excluding hydrogens is 102 g/mol. The zero-order chi connectivity index (χ0) is 5.98. The van der Waals surface area contributed by atoms with Gasteiger partial charge in [-0.15, -0.1) is 0 Å². The first kappa shape index (κ1) is 5.09. The molecule has 1 radical (unpaired) electrons. The van der Waals surface area contributed by atoms with Gasteiger partial charge in [-0.05, 0) is 13.0 Å². The number of hydrogen-bond donors (Lipinski definition) is 0. The zero-order valence-corrected chi connectivity index (χ0v) is 4.59. The van der Waals surface area contributed by atoms with Crippen molar-refractivity contribution in [1.29, 1.82) is 0 Å². The van der Waals surface area contributed by atoms with Gasteiger partial charge in [-0.1, -0.05) is 0 Å². The fourth-order valence-electron chi connectivity index (χ4n) is 0.514. The lowest BCUT2D eigenvalue weighted by Gasteiger charge is -1.90. The van der Waals surface area contributed by atoms with Crippen LogP contribution in [0.1, 0.15) is 5.56 Å². The van der Waals surface area contributed by atoms with Crippen molar-refractivity contribution in [3.05, 3.63) is 35.3 Å². The molecule has 0 bridgehead atoms. The van der Waals surface area contributed by atoms with E-state index in [0.717, 1.165) is 5.56 Å². The average molecular weight is 108 g/mol. The molecule has 8 heavy (non-hydrogen) atoms. The summed E-state index contributed by atoms with van der Waals surface area (Å²) in [6.45, 7) is 1.83. The molecule has 2 nitrogen and oxygen atoms in total. The Balaban J connectivity index is 3.08. The van der Waals surface area contributed by atoms with Crippen molar-refractivity contribution in [1.82, 2.24) is 0 Å². The first-order chi connectivity index (χ1) is 3.79. The molecule has 1 rings (SSSR count). The number of aromatic nitrogens is 1. The van der Waals surface area contributed by atoms with Crippen LogP contribution in [-0.2, 0) is 0 Å². The van der Waals surface area contributed by atoms with Crippen molar-refractivity contribution in [2.45, 2.75) is 6.92 Å². The summed E-state index contributed by atoms with van der Waals surface area (Å²) in [4.78, 5) is 0. The summed E-state index contributed by atoms with van der Waals surface area (Å²) in [6, 6.07) is 3.52. The quantitative estimate of drug-likeness (QED) is 0.349. The highest BCUT2D eigenvalue weighted by Crippen LogP contribution is 1.85. The van der Waals surface area contributed by atoms with E-state index in [4.69, 9.17) is 0 Å². The fraction of sp³-hybridized carbons (Fsp3) is 0.167. The second-order valence-corrected chi connectivity index (χ2v) is 1.63. The maximum atomic E-state index is 10.4. The van der Waals surface area contributed by atoms with E-state index in [0.29, 0.717) is 4.73 Å². The van der Waals surface area contributed by atoms with Crippen LogP contribution in [0.25, 0.3) is 0 Å². The lowest BCUT2D eigenvalue weighted by molar-refractivity contribution is -0.610. The van der Waals surface area contributed by atoms with Crippen LogP contribution in [-0.4, -0.2) is 0 Å². The molecule has 1 heterocycles. The van der Waals surface area contributed by atoms with Gasteiger partial charge < -0.3 is 5.21 Å². The molecule has 0 spiro atoms. The third-order valence-corrected chi connectivity index (χ3v) is 0.854. The molecule has 0 aliphatic rings. The lowest BCUT2D eigenvalue weighted by atomic mass is 10.3. The Morgan fingerprint density at radius 3 is 2.88 bits per heavy atom. The van der Waals surface area contributed by atoms with Gasteiger partial charge in [-0.25, -0.2) is 0 Å². The number of nitrogens with zero attached hydrogens (tertiary/aromatic N) is 1. The molecule has 0 aromatic carbocycles. The second kappa shape index (κ2) is 1.82. The van der Waals surface area contributed by atoms with Gasteiger partial charge in [0.05, 0.1) is 0 Å². The summed E-state index contributed by atoms with van der Waals surface area (Å²) in [5, 5.41) is 10.4. The van der Waals surface area contributed by atoms with Gasteiger partial charge in [0.1, 0.15) is 0 Å². The molecule has 0 N–H and O–H groups in total. The van der Waals surface area contributed by atoms with Crippen molar-refractivity contribution in [3.8, 4) is 0 Å². The summed E-state index contributed by atoms with van der Waals surface area (Å²) in [7, 11) is 0. The van der Waals surface area contributed by atoms with Crippen LogP contribution in [0.2, 0.25) is 0 Å². The molecule has 0 aliphatic heterocycles. The maximum absolute atomic E-state index is 10.4. The number of aryl methyl sites for hydroxylation is 1. The van der Waals surface area contributed by atoms with Gasteiger partial charge >= 0.3 is 0 Å². The van der Waals surface area contributed by atoms with E-state index >= 15 is 0 Å². The largest absolute Gasteiger partial charge is 0.618 e. The van der Waals surface area contributed by atoms with Crippen LogP contribution in [0.15, 0.2) is 18.3 Å². The topological polar surface area (TPSA) is 26.9 Å². The van der Waals surface area contributed by atoms with Gasteiger partial charge in [-0.2, -0.15) is 4.73 Å². The van der Waals surface area contributed by atoms with Crippen molar-refractivity contribution >= 4 is 0 Å². The third kappa shape index (κ3) is 0.964. The van der Waals surface area contributed by atoms with Gasteiger partial charge in [0.15, 0.2) is 6.20 Å². The normalized spacial score (nSPS) is 9.12. The fourth-order valence-corrected chi connectivity index (χ4v) is 0.514. The molecule has 0 unspecified atom stereocenters. The Kier molecular flexibility index (Phi) is 1.16. The molecule has 1 aromatic heterocycles. The van der Waals surface area contributed by atoms with Crippen molar-refractivity contribution < 1.29 is 4.73 Å². The third-order valence-electron chi connectivity index (χ3n) is 0.854. The highest BCUT2D eigenvalue weighted by atomic mass is 16.5. The van der Waals surface area contributed by atoms with E-state index in [1.54, 1.807) is 6.07 Å². The number of rotatable bonds is 0. The molecule has 0 fully saturated rings. The lowest BCUT2D eigenvalue weighted by Crippen LogP contribution is -2.24. The predicted molar refractivity (Wildman–Crippen MR) is 29.0 cm³/mol. The van der Waals surface area contributed by atoms with E-state index in [1.165, 1.54) is 6.20 Å². The van der Waals surface area contributed by atoms with Crippen LogP contribution in [0.5, 0.6) is 0 Å². The van der Waals surface area contributed by atoms with Gasteiger partial charge in [0.25, 0.3) is 6.20 Å². The average Bonchev–Trinajstić information content (AvgIpc) is 1.64. The summed E-state index contributed by atoms with van der Waals surface area (Å²) >= 11 is 0. The van der Waals surface area contributed by atoms with Crippen LogP contribution in [0.3, 0.4) is 0 Å². The summed E-state index contributed by atoms with van der Waals surface area (Å²) in [6.07, 6.45) is 3.94. The molecule has 0 amide bonds. The minimum absolute atomic E-state index is 0.662. The molecule has 41 valence electrons. The Bertz CT molecular complexity index is 168. The van der Waals surface area contributed by atoms with E-state index in [9.17, 15) is 5.21 Å². The van der Waals surface area contributed by atoms with Gasteiger partial charge in [0, 0.05) is 11.6 Å². The molecule has 0 saturated carbocycles. The van der Waals surface area contributed by atoms with Crippen LogP contribution in [0.4, 0.5) is 0 Å². The van der Waals surface area contributed by atoms with Crippen molar-refractivity contribution in [2.24, 2.45) is 0 Å². The summed E-state index contributed by atoms with van der Waals surface area (Å²) < 4.78 is 0.662. The zero-order valence-electron chi connectivity index (χ0n) is 4.59. The van der Waals surface area contributed by atoms with Crippen molar-refractivity contribution in [3.63, 3.8) is 0 Å². The Labute approximate surface area is 48.0 Å². The van der Waals surface area contributed by atoms with E-state index in [-0.39, 0.29) is 0 Å². The Hall–Kier alpha value is -1.05. The van der Waals surface area contributed by atoms with Gasteiger partial charge in [0.2, 0.25) is 0 Å². The highest BCUT2D eigenvalue weighted by molar-refractivity contribution is 4.99. The molecule has 1 aromatic rings. The number of pyridine rings is 1. The molecule has 0 atom stereocenters. The smallest absolute Gasteiger partial charge is 0.293 e. The second-order valence-electron chi connectivity index (χ2n) is 1.63. The molecular formula is C6H6NO. The van der Waals surface area contributed by atoms with E-state index < -0.39 is 0 Å². The maximum Gasteiger partial charge on any atom is 0.293 e. The van der Waals surface area contributed by atoms with Crippen LogP contribution < -0.4 is 4.73 Å². The van der Waals surface area contributed by atoms with E-state index in [2.05, 4.69) is 6.20 Å².